The minimum Gasteiger partial charge on any atom is -0.399 e. The van der Waals surface area contributed by atoms with Crippen molar-refractivity contribution in [3.05, 3.63) is 53.1 Å². The van der Waals surface area contributed by atoms with Crippen LogP contribution in [0.15, 0.2) is 42.5 Å². The molecule has 0 heterocycles. The molecule has 17 heavy (non-hydrogen) atoms. The van der Waals surface area contributed by atoms with E-state index in [1.807, 2.05) is 56.4 Å². The molecule has 88 valence electrons. The average Bonchev–Trinajstić information content (AvgIpc) is 2.32. The quantitative estimate of drug-likeness (QED) is 0.812. The van der Waals surface area contributed by atoms with Gasteiger partial charge in [-0.05, 0) is 42.8 Å². The molecular weight excluding hydrogens is 232 g/mol. The van der Waals surface area contributed by atoms with E-state index < -0.39 is 0 Å². The molecule has 0 spiro atoms. The van der Waals surface area contributed by atoms with Crippen LogP contribution in [-0.4, -0.2) is 7.05 Å². The molecule has 0 bridgehead atoms. The van der Waals surface area contributed by atoms with Gasteiger partial charge in [-0.2, -0.15) is 0 Å². The number of rotatable bonds is 2. The predicted molar refractivity (Wildman–Crippen MR) is 75.1 cm³/mol. The molecule has 2 N–H and O–H groups in total. The zero-order chi connectivity index (χ0) is 12.4. The van der Waals surface area contributed by atoms with Gasteiger partial charge in [-0.15, -0.1) is 0 Å². The molecule has 0 aromatic heterocycles. The molecule has 3 heteroatoms. The van der Waals surface area contributed by atoms with Crippen molar-refractivity contribution >= 4 is 28.7 Å². The Morgan fingerprint density at radius 1 is 1.06 bits per heavy atom. The minimum atomic E-state index is 0.757. The van der Waals surface area contributed by atoms with E-state index in [0.717, 1.165) is 27.6 Å². The molecule has 0 saturated carbocycles. The molecule has 0 saturated heterocycles. The second kappa shape index (κ2) is 4.68. The summed E-state index contributed by atoms with van der Waals surface area (Å²) in [5.41, 5.74) is 9.71. The third-order valence-electron chi connectivity index (χ3n) is 2.80. The van der Waals surface area contributed by atoms with E-state index in [1.165, 1.54) is 0 Å². The maximum absolute atomic E-state index is 6.13. The largest absolute Gasteiger partial charge is 0.399 e. The van der Waals surface area contributed by atoms with E-state index in [1.54, 1.807) is 0 Å². The van der Waals surface area contributed by atoms with Gasteiger partial charge in [0.2, 0.25) is 0 Å². The number of aryl methyl sites for hydroxylation is 1. The Morgan fingerprint density at radius 3 is 2.41 bits per heavy atom. The maximum Gasteiger partial charge on any atom is 0.0455 e. The Balaban J connectivity index is 2.36. The van der Waals surface area contributed by atoms with Gasteiger partial charge in [-0.1, -0.05) is 23.7 Å². The van der Waals surface area contributed by atoms with Gasteiger partial charge in [-0.3, -0.25) is 0 Å². The summed E-state index contributed by atoms with van der Waals surface area (Å²) in [6.45, 7) is 1.99. The van der Waals surface area contributed by atoms with E-state index >= 15 is 0 Å². The summed E-state index contributed by atoms with van der Waals surface area (Å²) in [5, 5.41) is 0.776. The summed E-state index contributed by atoms with van der Waals surface area (Å²) in [6, 6.07) is 13.8. The molecule has 2 aromatic rings. The van der Waals surface area contributed by atoms with Gasteiger partial charge < -0.3 is 10.6 Å². The molecule has 0 fully saturated rings. The van der Waals surface area contributed by atoms with Crippen LogP contribution < -0.4 is 10.6 Å². The van der Waals surface area contributed by atoms with Crippen LogP contribution in [0.3, 0.4) is 0 Å². The fourth-order valence-corrected chi connectivity index (χ4v) is 1.85. The molecule has 2 rings (SSSR count). The lowest BCUT2D eigenvalue weighted by molar-refractivity contribution is 1.21. The van der Waals surface area contributed by atoms with Crippen molar-refractivity contribution in [1.82, 2.24) is 0 Å². The Bertz CT molecular complexity index is 537. The highest BCUT2D eigenvalue weighted by molar-refractivity contribution is 6.31. The second-order valence-corrected chi connectivity index (χ2v) is 4.49. The third kappa shape index (κ3) is 2.53. The molecule has 0 unspecified atom stereocenters. The second-order valence-electron chi connectivity index (χ2n) is 4.09. The highest BCUT2D eigenvalue weighted by atomic mass is 35.5. The monoisotopic (exact) mass is 246 g/mol. The number of nitrogen functional groups attached to an aromatic ring is 1. The van der Waals surface area contributed by atoms with Crippen LogP contribution >= 0.6 is 11.6 Å². The summed E-state index contributed by atoms with van der Waals surface area (Å²) in [6.07, 6.45) is 0. The van der Waals surface area contributed by atoms with Crippen LogP contribution in [0.25, 0.3) is 0 Å². The van der Waals surface area contributed by atoms with E-state index in [0.29, 0.717) is 0 Å². The molecule has 0 aliphatic heterocycles. The summed E-state index contributed by atoms with van der Waals surface area (Å²) in [7, 11) is 2.00. The number of halogens is 1. The van der Waals surface area contributed by atoms with Gasteiger partial charge in [0, 0.05) is 29.1 Å². The highest BCUT2D eigenvalue weighted by Crippen LogP contribution is 2.28. The zero-order valence-electron chi connectivity index (χ0n) is 9.94. The molecule has 0 amide bonds. The first kappa shape index (κ1) is 11.8. The Labute approximate surface area is 107 Å². The van der Waals surface area contributed by atoms with Gasteiger partial charge >= 0.3 is 0 Å². The van der Waals surface area contributed by atoms with Crippen molar-refractivity contribution in [3.8, 4) is 0 Å². The van der Waals surface area contributed by atoms with Crippen LogP contribution in [0.1, 0.15) is 5.56 Å². The Kier molecular flexibility index (Phi) is 3.25. The predicted octanol–water partition coefficient (Wildman–Crippen LogP) is 4.00. The summed E-state index contributed by atoms with van der Waals surface area (Å²) >= 11 is 6.13. The van der Waals surface area contributed by atoms with E-state index in [4.69, 9.17) is 17.3 Å². The SMILES string of the molecule is Cc1ccc(N(C)c2cccc(N)c2)cc1Cl. The van der Waals surface area contributed by atoms with E-state index in [9.17, 15) is 0 Å². The molecule has 0 radical (unpaired) electrons. The summed E-state index contributed by atoms with van der Waals surface area (Å²) in [4.78, 5) is 2.06. The standard InChI is InChI=1S/C14H15ClN2/c1-10-6-7-13(9-14(10)15)17(2)12-5-3-4-11(16)8-12/h3-9H,16H2,1-2H3. The van der Waals surface area contributed by atoms with Gasteiger partial charge in [-0.25, -0.2) is 0 Å². The number of hydrogen-bond donors (Lipinski definition) is 1. The minimum absolute atomic E-state index is 0.757. The fourth-order valence-electron chi connectivity index (χ4n) is 1.67. The summed E-state index contributed by atoms with van der Waals surface area (Å²) < 4.78 is 0. The first-order chi connectivity index (χ1) is 8.08. The number of anilines is 3. The molecule has 2 nitrogen and oxygen atoms in total. The lowest BCUT2D eigenvalue weighted by Gasteiger charge is -2.20. The molecule has 0 aliphatic rings. The van der Waals surface area contributed by atoms with Crippen molar-refractivity contribution in [3.63, 3.8) is 0 Å². The lowest BCUT2D eigenvalue weighted by Crippen LogP contribution is -2.09. The van der Waals surface area contributed by atoms with Gasteiger partial charge in [0.05, 0.1) is 0 Å². The van der Waals surface area contributed by atoms with Crippen LogP contribution in [0, 0.1) is 6.92 Å². The molecule has 2 aromatic carbocycles. The fraction of sp³-hybridized carbons (Fsp3) is 0.143. The average molecular weight is 247 g/mol. The lowest BCUT2D eigenvalue weighted by atomic mass is 10.2. The van der Waals surface area contributed by atoms with Gasteiger partial charge in [0.1, 0.15) is 0 Å². The number of hydrogen-bond acceptors (Lipinski definition) is 2. The molecular formula is C14H15ClN2. The van der Waals surface area contributed by atoms with Crippen molar-refractivity contribution in [2.45, 2.75) is 6.92 Å². The van der Waals surface area contributed by atoms with Gasteiger partial charge in [0.15, 0.2) is 0 Å². The van der Waals surface area contributed by atoms with Crippen LogP contribution in [0.2, 0.25) is 5.02 Å². The smallest absolute Gasteiger partial charge is 0.0455 e. The number of nitrogens with two attached hydrogens (primary N) is 1. The first-order valence-corrected chi connectivity index (χ1v) is 5.81. The van der Waals surface area contributed by atoms with Crippen LogP contribution in [-0.2, 0) is 0 Å². The van der Waals surface area contributed by atoms with E-state index in [2.05, 4.69) is 4.90 Å². The number of nitrogens with zero attached hydrogens (tertiary/aromatic N) is 1. The molecule has 0 aliphatic carbocycles. The highest BCUT2D eigenvalue weighted by Gasteiger charge is 2.05. The third-order valence-corrected chi connectivity index (χ3v) is 3.21. The van der Waals surface area contributed by atoms with Crippen LogP contribution in [0.5, 0.6) is 0 Å². The van der Waals surface area contributed by atoms with Crippen molar-refractivity contribution < 1.29 is 0 Å². The van der Waals surface area contributed by atoms with E-state index in [-0.39, 0.29) is 0 Å². The Hall–Kier alpha value is -1.67. The topological polar surface area (TPSA) is 29.3 Å². The van der Waals surface area contributed by atoms with Crippen molar-refractivity contribution in [2.75, 3.05) is 17.7 Å². The van der Waals surface area contributed by atoms with Crippen molar-refractivity contribution in [2.24, 2.45) is 0 Å². The Morgan fingerprint density at radius 2 is 1.76 bits per heavy atom. The van der Waals surface area contributed by atoms with Crippen molar-refractivity contribution in [1.29, 1.82) is 0 Å². The maximum atomic E-state index is 6.13. The summed E-state index contributed by atoms with van der Waals surface area (Å²) in [5.74, 6) is 0. The zero-order valence-corrected chi connectivity index (χ0v) is 10.7. The molecule has 0 atom stereocenters. The van der Waals surface area contributed by atoms with Crippen LogP contribution in [0.4, 0.5) is 17.1 Å². The number of benzene rings is 2. The normalized spacial score (nSPS) is 10.3. The van der Waals surface area contributed by atoms with Gasteiger partial charge in [0.25, 0.3) is 0 Å². The first-order valence-electron chi connectivity index (χ1n) is 5.43.